The molecule has 27 heavy (non-hydrogen) atoms. The predicted octanol–water partition coefficient (Wildman–Crippen LogP) is 3.96. The smallest absolute Gasteiger partial charge is 0.221 e. The van der Waals surface area contributed by atoms with E-state index in [1.807, 2.05) is 0 Å². The SMILES string of the molecule is CC(=O)NC1=C2C=C[C@H]3[C@@H]4CC[C@H](C(C)=O)[C@@]4(C)CC[C@@H]3[C@@]2(C)CCC1=O. The van der Waals surface area contributed by atoms with Gasteiger partial charge in [0.1, 0.15) is 5.78 Å². The highest BCUT2D eigenvalue weighted by Gasteiger charge is 2.59. The minimum atomic E-state index is -0.179. The zero-order valence-electron chi connectivity index (χ0n) is 16.9. The molecule has 1 N–H and O–H groups in total. The molecule has 0 heterocycles. The highest BCUT2D eigenvalue weighted by atomic mass is 16.2. The van der Waals surface area contributed by atoms with Gasteiger partial charge in [-0.2, -0.15) is 0 Å². The van der Waals surface area contributed by atoms with Crippen molar-refractivity contribution >= 4 is 17.5 Å². The first kappa shape index (κ1) is 18.6. The summed E-state index contributed by atoms with van der Waals surface area (Å²) < 4.78 is 0. The molecule has 0 bridgehead atoms. The summed E-state index contributed by atoms with van der Waals surface area (Å²) in [7, 11) is 0. The molecule has 6 atom stereocenters. The van der Waals surface area contributed by atoms with E-state index in [-0.39, 0.29) is 28.4 Å². The van der Waals surface area contributed by atoms with Gasteiger partial charge in [-0.3, -0.25) is 14.4 Å². The molecule has 4 aliphatic rings. The third kappa shape index (κ3) is 2.59. The fraction of sp³-hybridized carbons (Fsp3) is 0.696. The average Bonchev–Trinajstić information content (AvgIpc) is 2.95. The molecule has 0 aromatic rings. The summed E-state index contributed by atoms with van der Waals surface area (Å²) in [5.41, 5.74) is 1.59. The van der Waals surface area contributed by atoms with E-state index in [2.05, 4.69) is 31.3 Å². The molecule has 0 aliphatic heterocycles. The molecule has 0 aromatic carbocycles. The van der Waals surface area contributed by atoms with E-state index in [0.29, 0.717) is 35.7 Å². The zero-order valence-corrected chi connectivity index (χ0v) is 16.9. The molecular formula is C23H31NO3. The van der Waals surface area contributed by atoms with E-state index in [0.717, 1.165) is 37.7 Å². The fourth-order valence-corrected chi connectivity index (χ4v) is 7.12. The number of carbonyl (C=O) groups is 3. The van der Waals surface area contributed by atoms with Gasteiger partial charge in [-0.1, -0.05) is 26.0 Å². The van der Waals surface area contributed by atoms with Crippen molar-refractivity contribution in [1.82, 2.24) is 5.32 Å². The number of Topliss-reactive ketones (excluding diaryl/α,β-unsaturated/α-hetero) is 2. The highest BCUT2D eigenvalue weighted by Crippen LogP contribution is 2.65. The largest absolute Gasteiger partial charge is 0.323 e. The van der Waals surface area contributed by atoms with Crippen LogP contribution in [0.15, 0.2) is 23.4 Å². The molecule has 0 unspecified atom stereocenters. The van der Waals surface area contributed by atoms with Crippen molar-refractivity contribution < 1.29 is 14.4 Å². The Labute approximate surface area is 161 Å². The van der Waals surface area contributed by atoms with Crippen LogP contribution in [-0.4, -0.2) is 17.5 Å². The lowest BCUT2D eigenvalue weighted by Gasteiger charge is -2.56. The molecule has 2 saturated carbocycles. The Morgan fingerprint density at radius 1 is 1.07 bits per heavy atom. The molecule has 4 rings (SSSR count). The monoisotopic (exact) mass is 369 g/mol. The van der Waals surface area contributed by atoms with Crippen molar-refractivity contribution in [2.75, 3.05) is 0 Å². The Bertz CT molecular complexity index is 778. The lowest BCUT2D eigenvalue weighted by Crippen LogP contribution is -2.50. The van der Waals surface area contributed by atoms with Gasteiger partial charge in [0.25, 0.3) is 0 Å². The van der Waals surface area contributed by atoms with Crippen LogP contribution in [0, 0.1) is 34.5 Å². The maximum atomic E-state index is 12.5. The molecule has 146 valence electrons. The molecule has 0 radical (unpaired) electrons. The summed E-state index contributed by atoms with van der Waals surface area (Å²) in [5, 5.41) is 2.82. The van der Waals surface area contributed by atoms with Crippen LogP contribution in [-0.2, 0) is 14.4 Å². The van der Waals surface area contributed by atoms with Crippen molar-refractivity contribution in [2.45, 2.75) is 66.2 Å². The molecule has 0 aromatic heterocycles. The number of rotatable bonds is 2. The topological polar surface area (TPSA) is 63.2 Å². The third-order valence-corrected chi connectivity index (χ3v) is 8.46. The Kier molecular flexibility index (Phi) is 4.25. The molecule has 1 amide bonds. The quantitative estimate of drug-likeness (QED) is 0.801. The van der Waals surface area contributed by atoms with Crippen LogP contribution in [0.5, 0.6) is 0 Å². The van der Waals surface area contributed by atoms with Gasteiger partial charge in [0, 0.05) is 19.3 Å². The van der Waals surface area contributed by atoms with E-state index < -0.39 is 0 Å². The van der Waals surface area contributed by atoms with E-state index in [1.54, 1.807) is 6.92 Å². The summed E-state index contributed by atoms with van der Waals surface area (Å²) in [6, 6.07) is 0. The lowest BCUT2D eigenvalue weighted by atomic mass is 9.48. The van der Waals surface area contributed by atoms with Crippen LogP contribution >= 0.6 is 0 Å². The summed E-state index contributed by atoms with van der Waals surface area (Å²) >= 11 is 0. The van der Waals surface area contributed by atoms with Crippen LogP contribution in [0.25, 0.3) is 0 Å². The molecule has 0 spiro atoms. The number of hydrogen-bond donors (Lipinski definition) is 1. The number of amides is 1. The molecular weight excluding hydrogens is 338 g/mol. The normalized spacial score (nSPS) is 43.0. The van der Waals surface area contributed by atoms with E-state index in [9.17, 15) is 14.4 Å². The number of ketones is 2. The Hall–Kier alpha value is -1.71. The van der Waals surface area contributed by atoms with Gasteiger partial charge in [-0.25, -0.2) is 0 Å². The van der Waals surface area contributed by atoms with Crippen molar-refractivity contribution in [3.05, 3.63) is 23.4 Å². The Balaban J connectivity index is 1.76. The van der Waals surface area contributed by atoms with Crippen LogP contribution in [0.2, 0.25) is 0 Å². The highest BCUT2D eigenvalue weighted by molar-refractivity contribution is 6.00. The molecule has 4 heteroatoms. The summed E-state index contributed by atoms with van der Waals surface area (Å²) in [6.45, 7) is 7.85. The fourth-order valence-electron chi connectivity index (χ4n) is 7.12. The van der Waals surface area contributed by atoms with Crippen molar-refractivity contribution in [1.29, 1.82) is 0 Å². The van der Waals surface area contributed by atoms with E-state index in [1.165, 1.54) is 6.92 Å². The van der Waals surface area contributed by atoms with Gasteiger partial charge >= 0.3 is 0 Å². The number of fused-ring (bicyclic) bond motifs is 5. The summed E-state index contributed by atoms with van der Waals surface area (Å²) in [5.74, 6) is 1.92. The van der Waals surface area contributed by atoms with Gasteiger partial charge < -0.3 is 5.32 Å². The lowest BCUT2D eigenvalue weighted by molar-refractivity contribution is -0.127. The second-order valence-electron chi connectivity index (χ2n) is 9.75. The maximum absolute atomic E-state index is 12.5. The molecule has 0 saturated heterocycles. The first-order chi connectivity index (χ1) is 12.7. The Morgan fingerprint density at radius 2 is 1.81 bits per heavy atom. The first-order valence-electron chi connectivity index (χ1n) is 10.4. The van der Waals surface area contributed by atoms with E-state index >= 15 is 0 Å². The number of allylic oxidation sites excluding steroid dienone is 4. The average molecular weight is 370 g/mol. The molecule has 4 aliphatic carbocycles. The predicted molar refractivity (Wildman–Crippen MR) is 104 cm³/mol. The maximum Gasteiger partial charge on any atom is 0.221 e. The minimum absolute atomic E-state index is 0.0546. The minimum Gasteiger partial charge on any atom is -0.323 e. The second-order valence-corrected chi connectivity index (χ2v) is 9.75. The van der Waals surface area contributed by atoms with Crippen molar-refractivity contribution in [2.24, 2.45) is 34.5 Å². The number of carbonyl (C=O) groups excluding carboxylic acids is 3. The standard InChI is InChI=1S/C23H31NO3/c1-13(25)16-7-8-17-15-5-6-19-21(24-14(2)26)20(27)10-12-23(19,4)18(15)9-11-22(16,17)3/h5-6,15-18H,7-12H2,1-4H3,(H,24,26)/t15-,16+,17-,18-,22+,23+/m0/s1. The van der Waals surface area contributed by atoms with Gasteiger partial charge in [-0.05, 0) is 73.2 Å². The van der Waals surface area contributed by atoms with Crippen LogP contribution < -0.4 is 5.32 Å². The number of hydrogen-bond acceptors (Lipinski definition) is 3. The summed E-state index contributed by atoms with van der Waals surface area (Å²) in [4.78, 5) is 36.4. The number of nitrogens with one attached hydrogen (secondary N) is 1. The van der Waals surface area contributed by atoms with Gasteiger partial charge in [0.05, 0.1) is 5.70 Å². The molecule has 2 fully saturated rings. The van der Waals surface area contributed by atoms with Gasteiger partial charge in [-0.15, -0.1) is 0 Å². The van der Waals surface area contributed by atoms with E-state index in [4.69, 9.17) is 0 Å². The van der Waals surface area contributed by atoms with Crippen molar-refractivity contribution in [3.63, 3.8) is 0 Å². The van der Waals surface area contributed by atoms with Crippen LogP contribution in [0.3, 0.4) is 0 Å². The first-order valence-corrected chi connectivity index (χ1v) is 10.4. The van der Waals surface area contributed by atoms with Crippen molar-refractivity contribution in [3.8, 4) is 0 Å². The summed E-state index contributed by atoms with van der Waals surface area (Å²) in [6.07, 6.45) is 10.1. The third-order valence-electron chi connectivity index (χ3n) is 8.46. The zero-order chi connectivity index (χ0) is 19.6. The van der Waals surface area contributed by atoms with Crippen LogP contribution in [0.4, 0.5) is 0 Å². The Morgan fingerprint density at radius 3 is 2.48 bits per heavy atom. The molecule has 4 nitrogen and oxygen atoms in total. The van der Waals surface area contributed by atoms with Crippen LogP contribution in [0.1, 0.15) is 66.2 Å². The van der Waals surface area contributed by atoms with Gasteiger partial charge in [0.2, 0.25) is 5.91 Å². The second kappa shape index (κ2) is 6.15. The van der Waals surface area contributed by atoms with Gasteiger partial charge in [0.15, 0.2) is 5.78 Å².